The van der Waals surface area contributed by atoms with Gasteiger partial charge in [-0.15, -0.1) is 0 Å². The zero-order valence-corrected chi connectivity index (χ0v) is 12.3. The highest BCUT2D eigenvalue weighted by molar-refractivity contribution is 5.37. The monoisotopic (exact) mass is 249 g/mol. The van der Waals surface area contributed by atoms with E-state index in [0.717, 1.165) is 32.4 Å². The Bertz CT molecular complexity index is 350. The van der Waals surface area contributed by atoms with Crippen molar-refractivity contribution in [2.45, 2.75) is 40.0 Å². The summed E-state index contributed by atoms with van der Waals surface area (Å²) in [5, 5.41) is 8.77. The summed E-state index contributed by atoms with van der Waals surface area (Å²) in [5.41, 5.74) is 5.67. The summed E-state index contributed by atoms with van der Waals surface area (Å²) < 4.78 is 0. The van der Waals surface area contributed by atoms with Gasteiger partial charge in [-0.3, -0.25) is 0 Å². The van der Waals surface area contributed by atoms with Gasteiger partial charge in [-0.2, -0.15) is 0 Å². The minimum atomic E-state index is 0.310. The van der Waals surface area contributed by atoms with E-state index in [4.69, 9.17) is 5.11 Å². The van der Waals surface area contributed by atoms with Gasteiger partial charge in [-0.05, 0) is 70.3 Å². The van der Waals surface area contributed by atoms with Crippen molar-refractivity contribution in [3.8, 4) is 0 Å². The lowest BCUT2D eigenvalue weighted by molar-refractivity contribution is 0.264. The van der Waals surface area contributed by atoms with Crippen molar-refractivity contribution in [1.29, 1.82) is 0 Å². The predicted octanol–water partition coefficient (Wildman–Crippen LogP) is 2.86. The molecule has 0 heterocycles. The lowest BCUT2D eigenvalue weighted by Gasteiger charge is -2.18. The maximum absolute atomic E-state index is 8.77. The Labute approximate surface area is 112 Å². The van der Waals surface area contributed by atoms with E-state index in [0.29, 0.717) is 6.61 Å². The zero-order valence-electron chi connectivity index (χ0n) is 12.3. The predicted molar refractivity (Wildman–Crippen MR) is 78.2 cm³/mol. The van der Waals surface area contributed by atoms with Crippen molar-refractivity contribution in [3.63, 3.8) is 0 Å². The molecular formula is C16H27NO. The lowest BCUT2D eigenvalue weighted by atomic mass is 9.97. The van der Waals surface area contributed by atoms with Crippen LogP contribution in [0.3, 0.4) is 0 Å². The van der Waals surface area contributed by atoms with Gasteiger partial charge in [-0.25, -0.2) is 0 Å². The van der Waals surface area contributed by atoms with Gasteiger partial charge in [0.2, 0.25) is 0 Å². The number of likely N-dealkylation sites (N-methyl/N-ethyl adjacent to an activating group) is 1. The van der Waals surface area contributed by atoms with Gasteiger partial charge in [0.05, 0.1) is 0 Å². The number of benzene rings is 1. The van der Waals surface area contributed by atoms with Gasteiger partial charge in [0.1, 0.15) is 0 Å². The van der Waals surface area contributed by atoms with Crippen molar-refractivity contribution in [2.24, 2.45) is 0 Å². The van der Waals surface area contributed by atoms with Crippen LogP contribution in [-0.4, -0.2) is 36.8 Å². The molecule has 0 bridgehead atoms. The minimum Gasteiger partial charge on any atom is -0.396 e. The van der Waals surface area contributed by atoms with Crippen molar-refractivity contribution < 1.29 is 5.11 Å². The standard InChI is InChI=1S/C16H27NO/c1-13-11-14(2)16(15(3)12-13)7-9-17(4)8-5-6-10-18/h11-12,18H,5-10H2,1-4H3. The quantitative estimate of drug-likeness (QED) is 0.751. The van der Waals surface area contributed by atoms with Gasteiger partial charge < -0.3 is 10.0 Å². The number of unbranched alkanes of at least 4 members (excludes halogenated alkanes) is 1. The molecule has 102 valence electrons. The van der Waals surface area contributed by atoms with Crippen LogP contribution in [0.1, 0.15) is 35.1 Å². The van der Waals surface area contributed by atoms with Crippen LogP contribution in [0.2, 0.25) is 0 Å². The van der Waals surface area contributed by atoms with Crippen molar-refractivity contribution >= 4 is 0 Å². The molecule has 0 aromatic heterocycles. The summed E-state index contributed by atoms with van der Waals surface area (Å²) in [4.78, 5) is 2.36. The fraction of sp³-hybridized carbons (Fsp3) is 0.625. The first-order chi connectivity index (χ1) is 8.54. The number of aryl methyl sites for hydroxylation is 3. The number of hydrogen-bond donors (Lipinski definition) is 1. The third kappa shape index (κ3) is 4.79. The van der Waals surface area contributed by atoms with E-state index in [-0.39, 0.29) is 0 Å². The molecule has 0 aliphatic heterocycles. The fourth-order valence-corrected chi connectivity index (χ4v) is 2.51. The van der Waals surface area contributed by atoms with Crippen LogP contribution in [0.5, 0.6) is 0 Å². The Balaban J connectivity index is 2.48. The molecule has 0 amide bonds. The van der Waals surface area contributed by atoms with Crippen LogP contribution in [-0.2, 0) is 6.42 Å². The topological polar surface area (TPSA) is 23.5 Å². The molecule has 2 heteroatoms. The number of hydrogen-bond acceptors (Lipinski definition) is 2. The van der Waals surface area contributed by atoms with Gasteiger partial charge in [0, 0.05) is 13.2 Å². The second-order valence-electron chi connectivity index (χ2n) is 5.36. The molecule has 0 aliphatic rings. The Kier molecular flexibility index (Phi) is 6.37. The highest BCUT2D eigenvalue weighted by atomic mass is 16.2. The maximum Gasteiger partial charge on any atom is 0.0431 e. The average Bonchev–Trinajstić information content (AvgIpc) is 2.27. The molecule has 0 radical (unpaired) electrons. The summed E-state index contributed by atoms with van der Waals surface area (Å²) in [6.45, 7) is 9.05. The van der Waals surface area contributed by atoms with Crippen molar-refractivity contribution in [1.82, 2.24) is 4.90 Å². The second-order valence-corrected chi connectivity index (χ2v) is 5.36. The molecule has 0 fully saturated rings. The third-order valence-electron chi connectivity index (χ3n) is 3.53. The Morgan fingerprint density at radius 3 is 2.17 bits per heavy atom. The van der Waals surface area contributed by atoms with E-state index in [1.807, 2.05) is 0 Å². The largest absolute Gasteiger partial charge is 0.396 e. The lowest BCUT2D eigenvalue weighted by Crippen LogP contribution is -2.23. The van der Waals surface area contributed by atoms with Crippen LogP contribution in [0.25, 0.3) is 0 Å². The summed E-state index contributed by atoms with van der Waals surface area (Å²) in [6, 6.07) is 4.54. The maximum atomic E-state index is 8.77. The van der Waals surface area contributed by atoms with Crippen LogP contribution in [0.15, 0.2) is 12.1 Å². The van der Waals surface area contributed by atoms with E-state index in [2.05, 4.69) is 44.9 Å². The molecule has 2 nitrogen and oxygen atoms in total. The number of aliphatic hydroxyl groups excluding tert-OH is 1. The van der Waals surface area contributed by atoms with Gasteiger partial charge in [0.15, 0.2) is 0 Å². The summed E-state index contributed by atoms with van der Waals surface area (Å²) >= 11 is 0. The number of aliphatic hydroxyl groups is 1. The highest BCUT2D eigenvalue weighted by Crippen LogP contribution is 2.17. The second kappa shape index (κ2) is 7.55. The average molecular weight is 249 g/mol. The molecule has 0 saturated carbocycles. The van der Waals surface area contributed by atoms with E-state index in [9.17, 15) is 0 Å². The fourth-order valence-electron chi connectivity index (χ4n) is 2.51. The van der Waals surface area contributed by atoms with E-state index >= 15 is 0 Å². The molecule has 0 atom stereocenters. The van der Waals surface area contributed by atoms with Crippen molar-refractivity contribution in [3.05, 3.63) is 34.4 Å². The van der Waals surface area contributed by atoms with Crippen LogP contribution >= 0.6 is 0 Å². The van der Waals surface area contributed by atoms with Crippen LogP contribution < -0.4 is 0 Å². The number of nitrogens with zero attached hydrogens (tertiary/aromatic N) is 1. The molecule has 1 N–H and O–H groups in total. The molecular weight excluding hydrogens is 222 g/mol. The molecule has 1 rings (SSSR count). The molecule has 1 aromatic rings. The molecule has 0 spiro atoms. The zero-order chi connectivity index (χ0) is 13.5. The Morgan fingerprint density at radius 2 is 1.61 bits per heavy atom. The first-order valence-electron chi connectivity index (χ1n) is 6.90. The van der Waals surface area contributed by atoms with E-state index in [1.165, 1.54) is 22.3 Å². The van der Waals surface area contributed by atoms with Gasteiger partial charge in [0.25, 0.3) is 0 Å². The van der Waals surface area contributed by atoms with Crippen LogP contribution in [0, 0.1) is 20.8 Å². The Hall–Kier alpha value is -0.860. The van der Waals surface area contributed by atoms with Gasteiger partial charge >= 0.3 is 0 Å². The molecule has 18 heavy (non-hydrogen) atoms. The van der Waals surface area contributed by atoms with E-state index in [1.54, 1.807) is 0 Å². The smallest absolute Gasteiger partial charge is 0.0431 e. The summed E-state index contributed by atoms with van der Waals surface area (Å²) in [7, 11) is 2.16. The SMILES string of the molecule is Cc1cc(C)c(CCN(C)CCCCO)c(C)c1. The molecule has 1 aromatic carbocycles. The normalized spacial score (nSPS) is 11.2. The Morgan fingerprint density at radius 1 is 1.00 bits per heavy atom. The third-order valence-corrected chi connectivity index (χ3v) is 3.53. The minimum absolute atomic E-state index is 0.310. The molecule has 0 aliphatic carbocycles. The highest BCUT2D eigenvalue weighted by Gasteiger charge is 2.05. The van der Waals surface area contributed by atoms with Crippen molar-refractivity contribution in [2.75, 3.05) is 26.7 Å². The molecule has 0 unspecified atom stereocenters. The number of rotatable bonds is 7. The summed E-state index contributed by atoms with van der Waals surface area (Å²) in [5.74, 6) is 0. The van der Waals surface area contributed by atoms with Crippen LogP contribution in [0.4, 0.5) is 0 Å². The molecule has 0 saturated heterocycles. The van der Waals surface area contributed by atoms with E-state index < -0.39 is 0 Å². The van der Waals surface area contributed by atoms with Gasteiger partial charge in [-0.1, -0.05) is 17.7 Å². The first-order valence-corrected chi connectivity index (χ1v) is 6.90. The first kappa shape index (κ1) is 15.2. The summed E-state index contributed by atoms with van der Waals surface area (Å²) in [6.07, 6.45) is 3.11.